The third-order valence-corrected chi connectivity index (χ3v) is 11.0. The van der Waals surface area contributed by atoms with Crippen molar-refractivity contribution >= 4 is 70.2 Å². The van der Waals surface area contributed by atoms with Gasteiger partial charge < -0.3 is 79.2 Å². The standard InChI is InChI=1S/C46H71N19O13/c1-27(77-40(70)15-8-20-60-65-53)28-23-41(71)78-33-24-35(34(75-2)22-29(28)33)76-21-9-14-36(66)54-16-4-3-10-30(42(47)72)63-44(74)32(12-6-18-56-46(50)51)62-39(69)26-57-38(68)25-58-43(73)31(11-5-17-55-45(48)49)61-37(67)13-7-19-59-64-52/h22-24,27,30-32H,3-21,25-26H2,1-2H3,(H2,47,72)(H,54,66)(H,57,68)(H,58,73)(H,61,67)(H,62,69)(H,63,74)(H4,48,49,55)(H4,50,51,56). The zero-order chi connectivity index (χ0) is 57.8. The van der Waals surface area contributed by atoms with Gasteiger partial charge in [0.05, 0.1) is 26.8 Å². The van der Waals surface area contributed by atoms with Gasteiger partial charge in [0.25, 0.3) is 0 Å². The molecule has 1 heterocycles. The molecule has 1 aromatic heterocycles. The van der Waals surface area contributed by atoms with Gasteiger partial charge in [-0.15, -0.1) is 0 Å². The van der Waals surface area contributed by atoms with E-state index in [1.165, 1.54) is 19.2 Å². The lowest BCUT2D eigenvalue weighted by molar-refractivity contribution is -0.148. The highest BCUT2D eigenvalue weighted by Crippen LogP contribution is 2.36. The Morgan fingerprint density at radius 3 is 1.83 bits per heavy atom. The zero-order valence-electron chi connectivity index (χ0n) is 43.7. The highest BCUT2D eigenvalue weighted by atomic mass is 16.5. The number of aliphatic imine (C=N–C) groups is 2. The van der Waals surface area contributed by atoms with Crippen LogP contribution in [0.5, 0.6) is 11.5 Å². The van der Waals surface area contributed by atoms with E-state index in [-0.39, 0.29) is 132 Å². The Kier molecular flexibility index (Phi) is 30.7. The molecule has 0 radical (unpaired) electrons. The second-order valence-corrected chi connectivity index (χ2v) is 17.2. The average Bonchev–Trinajstić information content (AvgIpc) is 3.48. The van der Waals surface area contributed by atoms with Crippen molar-refractivity contribution in [3.8, 4) is 11.5 Å². The molecule has 428 valence electrons. The van der Waals surface area contributed by atoms with E-state index in [0.717, 1.165) is 0 Å². The van der Waals surface area contributed by atoms with E-state index in [9.17, 15) is 43.2 Å². The van der Waals surface area contributed by atoms with Crippen molar-refractivity contribution < 1.29 is 57.0 Å². The lowest BCUT2D eigenvalue weighted by Crippen LogP contribution is -2.54. The van der Waals surface area contributed by atoms with Crippen LogP contribution in [0.15, 0.2) is 47.6 Å². The number of azide groups is 2. The Labute approximate surface area is 447 Å². The summed E-state index contributed by atoms with van der Waals surface area (Å²) in [5.74, 6) is -5.10. The second-order valence-electron chi connectivity index (χ2n) is 17.2. The summed E-state index contributed by atoms with van der Waals surface area (Å²) >= 11 is 0. The van der Waals surface area contributed by atoms with Crippen molar-refractivity contribution in [2.75, 3.05) is 59.5 Å². The number of esters is 1. The summed E-state index contributed by atoms with van der Waals surface area (Å²) < 4.78 is 22.3. The van der Waals surface area contributed by atoms with Crippen molar-refractivity contribution in [2.24, 2.45) is 48.9 Å². The minimum atomic E-state index is -1.24. The van der Waals surface area contributed by atoms with Crippen LogP contribution in [-0.2, 0) is 43.1 Å². The first-order valence-corrected chi connectivity index (χ1v) is 24.9. The molecule has 2 aromatic rings. The molecule has 0 aliphatic heterocycles. The third kappa shape index (κ3) is 26.9. The summed E-state index contributed by atoms with van der Waals surface area (Å²) in [6.45, 7) is 1.14. The van der Waals surface area contributed by atoms with Crippen LogP contribution in [0.1, 0.15) is 102 Å². The van der Waals surface area contributed by atoms with Gasteiger partial charge in [-0.05, 0) is 88.3 Å². The van der Waals surface area contributed by atoms with Gasteiger partial charge in [0.15, 0.2) is 23.4 Å². The molecule has 32 heteroatoms. The van der Waals surface area contributed by atoms with Crippen molar-refractivity contribution in [2.45, 2.75) is 115 Å². The molecule has 1 aromatic carbocycles. The van der Waals surface area contributed by atoms with E-state index in [4.69, 9.17) is 58.4 Å². The number of carbonyl (C=O) groups excluding carboxylic acids is 8. The van der Waals surface area contributed by atoms with Crippen LogP contribution in [0.4, 0.5) is 0 Å². The van der Waals surface area contributed by atoms with E-state index in [1.807, 2.05) is 0 Å². The molecule has 0 fully saturated rings. The molecule has 0 spiro atoms. The van der Waals surface area contributed by atoms with Crippen LogP contribution < -0.4 is 75.7 Å². The molecular formula is C46H71N19O13. The van der Waals surface area contributed by atoms with Crippen LogP contribution in [0.25, 0.3) is 31.9 Å². The van der Waals surface area contributed by atoms with Gasteiger partial charge in [0.1, 0.15) is 29.8 Å². The first kappa shape index (κ1) is 65.1. The Balaban J connectivity index is 1.90. The number of methoxy groups -OCH3 is 1. The molecule has 4 unspecified atom stereocenters. The van der Waals surface area contributed by atoms with Gasteiger partial charge >= 0.3 is 11.6 Å². The molecule has 0 aliphatic carbocycles. The fraction of sp³-hybridized carbons (Fsp3) is 0.587. The Hall–Kier alpha value is -9.05. The minimum Gasteiger partial charge on any atom is -0.493 e. The second kappa shape index (κ2) is 36.8. The van der Waals surface area contributed by atoms with E-state index in [1.54, 1.807) is 13.0 Å². The van der Waals surface area contributed by atoms with Crippen LogP contribution in [0, 0.1) is 0 Å². The SMILES string of the molecule is COc1cc2c(C(C)OC(=O)CCCN=[N+]=[N-])cc(=O)oc2cc1OCCCC(=O)NCCCCC(NC(=O)C(CCCN=C(N)N)NC(=O)CNC(=O)CNC(=O)C(CCCN=C(N)N)NC(=O)CCCN=[N+]=[N-])C(N)=O. The number of benzene rings is 1. The number of nitrogens with two attached hydrogens (primary N) is 5. The number of primary amides is 1. The van der Waals surface area contributed by atoms with E-state index in [2.05, 4.69) is 61.9 Å². The van der Waals surface area contributed by atoms with Gasteiger partial charge in [-0.25, -0.2) is 4.79 Å². The number of unbranched alkanes of at least 4 members (excludes halogenated alkanes) is 1. The number of rotatable bonds is 39. The monoisotopic (exact) mass is 1100 g/mol. The molecule has 0 saturated carbocycles. The Bertz CT molecular complexity index is 2570. The van der Waals surface area contributed by atoms with Crippen LogP contribution >= 0.6 is 0 Å². The van der Waals surface area contributed by atoms with Crippen molar-refractivity contribution in [1.29, 1.82) is 0 Å². The average molecular weight is 1100 g/mol. The van der Waals surface area contributed by atoms with Crippen molar-refractivity contribution in [3.05, 3.63) is 55.1 Å². The number of hydrogen-bond acceptors (Lipinski definition) is 17. The number of amides is 7. The maximum Gasteiger partial charge on any atom is 0.336 e. The maximum absolute atomic E-state index is 13.5. The molecular weight excluding hydrogens is 1030 g/mol. The third-order valence-electron chi connectivity index (χ3n) is 11.0. The summed E-state index contributed by atoms with van der Waals surface area (Å²) in [6.07, 6.45) is 1.44. The molecule has 78 heavy (non-hydrogen) atoms. The predicted molar refractivity (Wildman–Crippen MR) is 282 cm³/mol. The summed E-state index contributed by atoms with van der Waals surface area (Å²) in [6, 6.07) is 0.776. The van der Waals surface area contributed by atoms with Gasteiger partial charge in [-0.3, -0.25) is 48.3 Å². The van der Waals surface area contributed by atoms with Crippen LogP contribution in [0.2, 0.25) is 0 Å². The molecule has 0 saturated heterocycles. The summed E-state index contributed by atoms with van der Waals surface area (Å²) in [4.78, 5) is 127. The molecule has 16 N–H and O–H groups in total. The summed E-state index contributed by atoms with van der Waals surface area (Å²) in [5.41, 5.74) is 43.8. The topological polar surface area (TPSA) is 519 Å². The lowest BCUT2D eigenvalue weighted by atomic mass is 10.1. The fourth-order valence-corrected chi connectivity index (χ4v) is 7.17. The number of ether oxygens (including phenoxy) is 3. The molecule has 0 aliphatic rings. The molecule has 4 atom stereocenters. The first-order valence-electron chi connectivity index (χ1n) is 24.9. The quantitative estimate of drug-likeness (QED) is 0.00577. The van der Waals surface area contributed by atoms with Gasteiger partial charge in [0, 0.05) is 84.9 Å². The minimum absolute atomic E-state index is 0.00129. The van der Waals surface area contributed by atoms with E-state index < -0.39 is 84.4 Å². The highest BCUT2D eigenvalue weighted by molar-refractivity contribution is 5.94. The number of nitrogens with one attached hydrogen (secondary N) is 6. The molecule has 0 bridgehead atoms. The van der Waals surface area contributed by atoms with E-state index >= 15 is 0 Å². The largest absolute Gasteiger partial charge is 0.493 e. The number of carbonyl (C=O) groups is 8. The predicted octanol–water partition coefficient (Wildman–Crippen LogP) is -0.688. The van der Waals surface area contributed by atoms with Crippen LogP contribution in [0.3, 0.4) is 0 Å². The number of guanidine groups is 2. The highest BCUT2D eigenvalue weighted by Gasteiger charge is 2.27. The van der Waals surface area contributed by atoms with Gasteiger partial charge in [0.2, 0.25) is 41.4 Å². The van der Waals surface area contributed by atoms with Gasteiger partial charge in [-0.1, -0.05) is 10.2 Å². The normalized spacial score (nSPS) is 12.0. The smallest absolute Gasteiger partial charge is 0.336 e. The maximum atomic E-state index is 13.5. The van der Waals surface area contributed by atoms with Crippen LogP contribution in [-0.4, -0.2) is 137 Å². The van der Waals surface area contributed by atoms with E-state index in [0.29, 0.717) is 36.6 Å². The first-order chi connectivity index (χ1) is 37.3. The lowest BCUT2D eigenvalue weighted by Gasteiger charge is -2.22. The number of nitrogens with zero attached hydrogens (tertiary/aromatic N) is 8. The zero-order valence-corrected chi connectivity index (χ0v) is 43.7. The molecule has 7 amide bonds. The summed E-state index contributed by atoms with van der Waals surface area (Å²) in [5, 5.41) is 22.3. The van der Waals surface area contributed by atoms with Gasteiger partial charge in [-0.2, -0.15) is 0 Å². The van der Waals surface area contributed by atoms with Crippen molar-refractivity contribution in [1.82, 2.24) is 31.9 Å². The number of fused-ring (bicyclic) bond motifs is 1. The Morgan fingerprint density at radius 2 is 1.22 bits per heavy atom. The summed E-state index contributed by atoms with van der Waals surface area (Å²) in [7, 11) is 1.41. The molecule has 2 rings (SSSR count). The van der Waals surface area contributed by atoms with Crippen molar-refractivity contribution in [3.63, 3.8) is 0 Å². The Morgan fingerprint density at radius 1 is 0.628 bits per heavy atom. The molecule has 32 nitrogen and oxygen atoms in total. The number of hydrogen-bond donors (Lipinski definition) is 11. The fourth-order valence-electron chi connectivity index (χ4n) is 7.17.